The highest BCUT2D eigenvalue weighted by atomic mass is 19.2. The summed E-state index contributed by atoms with van der Waals surface area (Å²) in [6.45, 7) is 1.95. The van der Waals surface area contributed by atoms with E-state index in [4.69, 9.17) is 5.73 Å². The Morgan fingerprint density at radius 2 is 1.92 bits per heavy atom. The lowest BCUT2D eigenvalue weighted by Gasteiger charge is -2.17. The van der Waals surface area contributed by atoms with Crippen molar-refractivity contribution in [2.45, 2.75) is 19.5 Å². The molecule has 3 aromatic rings. The van der Waals surface area contributed by atoms with Crippen LogP contribution in [-0.4, -0.2) is 15.9 Å². The van der Waals surface area contributed by atoms with Gasteiger partial charge in [-0.05, 0) is 47.9 Å². The molecule has 1 aliphatic heterocycles. The van der Waals surface area contributed by atoms with Crippen molar-refractivity contribution in [3.8, 4) is 6.07 Å². The van der Waals surface area contributed by atoms with Gasteiger partial charge in [0.25, 0.3) is 5.91 Å². The minimum atomic E-state index is -1.01. The van der Waals surface area contributed by atoms with Gasteiger partial charge in [0.1, 0.15) is 11.9 Å². The van der Waals surface area contributed by atoms with Gasteiger partial charge < -0.3 is 16.4 Å². The maximum atomic E-state index is 13.6. The maximum Gasteiger partial charge on any atom is 0.274 e. The van der Waals surface area contributed by atoms with Crippen LogP contribution in [0.25, 0.3) is 5.70 Å². The summed E-state index contributed by atoms with van der Waals surface area (Å²) in [5, 5.41) is 15.0. The van der Waals surface area contributed by atoms with Crippen LogP contribution in [0.3, 0.4) is 0 Å². The summed E-state index contributed by atoms with van der Waals surface area (Å²) < 4.78 is 26.8. The Balaban J connectivity index is 1.47. The van der Waals surface area contributed by atoms with Gasteiger partial charge in [0.2, 0.25) is 0 Å². The van der Waals surface area contributed by atoms with Crippen LogP contribution >= 0.6 is 0 Å². The Kier molecular flexibility index (Phi) is 7.06. The van der Waals surface area contributed by atoms with E-state index in [1.807, 2.05) is 36.4 Å². The van der Waals surface area contributed by atoms with Crippen molar-refractivity contribution in [3.63, 3.8) is 0 Å². The number of nitriles is 1. The second-order valence-electron chi connectivity index (χ2n) is 7.94. The number of allylic oxidation sites excluding steroid dienone is 2. The molecule has 6 N–H and O–H groups in total. The van der Waals surface area contributed by atoms with Crippen LogP contribution in [0.2, 0.25) is 0 Å². The average molecular weight is 489 g/mol. The third-order valence-electron chi connectivity index (χ3n) is 5.39. The van der Waals surface area contributed by atoms with E-state index >= 15 is 0 Å². The van der Waals surface area contributed by atoms with E-state index in [9.17, 15) is 18.8 Å². The van der Waals surface area contributed by atoms with Crippen LogP contribution in [0.1, 0.15) is 45.8 Å². The summed E-state index contributed by atoms with van der Waals surface area (Å²) in [5.74, 6) is -1.92. The quantitative estimate of drug-likeness (QED) is 0.342. The number of benzene rings is 2. The molecule has 1 unspecified atom stereocenters. The van der Waals surface area contributed by atoms with Gasteiger partial charge in [-0.15, -0.1) is 0 Å². The fourth-order valence-corrected chi connectivity index (χ4v) is 3.41. The zero-order valence-electron chi connectivity index (χ0n) is 19.1. The Morgan fingerprint density at radius 1 is 1.14 bits per heavy atom. The minimum Gasteiger partial charge on any atom is -0.384 e. The maximum absolute atomic E-state index is 13.6. The molecule has 4 rings (SSSR count). The van der Waals surface area contributed by atoms with E-state index in [2.05, 4.69) is 31.5 Å². The molecule has 2 heterocycles. The van der Waals surface area contributed by atoms with Crippen molar-refractivity contribution in [1.29, 1.82) is 5.26 Å². The number of hydrazine groups is 1. The third-order valence-corrected chi connectivity index (χ3v) is 5.39. The number of halogens is 2. The monoisotopic (exact) mass is 488 g/mol. The summed E-state index contributed by atoms with van der Waals surface area (Å²) in [4.78, 5) is 21.2. The summed E-state index contributed by atoms with van der Waals surface area (Å²) in [7, 11) is 0. The topological polar surface area (TPSA) is 141 Å². The van der Waals surface area contributed by atoms with Gasteiger partial charge in [0.15, 0.2) is 28.8 Å². The highest BCUT2D eigenvalue weighted by Gasteiger charge is 2.19. The standard InChI is InChI=1S/C25H22F2N8O/c1-14(17-6-7-19(26)20(27)10-17)32-25(36)23-24(31-13-18(11-28)33-23)30-12-15-2-4-16(5-3-15)21-8-9-22(29)35-34-21/h2-10,13-14,34-35H,12,29H2,1H3,(H,30,31)(H,32,36). The number of hydrogen-bond donors (Lipinski definition) is 5. The van der Waals surface area contributed by atoms with Crippen LogP contribution in [0.5, 0.6) is 0 Å². The Hall–Kier alpha value is -4.98. The van der Waals surface area contributed by atoms with Crippen LogP contribution < -0.4 is 27.2 Å². The Bertz CT molecular complexity index is 1400. The molecule has 182 valence electrons. The van der Waals surface area contributed by atoms with Crippen molar-refractivity contribution in [1.82, 2.24) is 26.1 Å². The van der Waals surface area contributed by atoms with Crippen LogP contribution in [-0.2, 0) is 6.54 Å². The van der Waals surface area contributed by atoms with Crippen LogP contribution in [0.4, 0.5) is 14.6 Å². The SMILES string of the molecule is CC(NC(=O)c1nc(C#N)cnc1NCc1ccc(C2=CC=C(N)NN2)cc1)c1ccc(F)c(F)c1. The van der Waals surface area contributed by atoms with Gasteiger partial charge in [-0.2, -0.15) is 5.26 Å². The lowest BCUT2D eigenvalue weighted by Crippen LogP contribution is -2.35. The average Bonchev–Trinajstić information content (AvgIpc) is 2.89. The van der Waals surface area contributed by atoms with Crippen molar-refractivity contribution >= 4 is 17.4 Å². The largest absolute Gasteiger partial charge is 0.384 e. The highest BCUT2D eigenvalue weighted by Crippen LogP contribution is 2.19. The number of aromatic nitrogens is 2. The lowest BCUT2D eigenvalue weighted by molar-refractivity contribution is 0.0935. The molecule has 2 aromatic carbocycles. The molecule has 11 heteroatoms. The third kappa shape index (κ3) is 5.56. The zero-order valence-corrected chi connectivity index (χ0v) is 19.1. The second-order valence-corrected chi connectivity index (χ2v) is 7.94. The normalized spacial score (nSPS) is 13.3. The molecule has 36 heavy (non-hydrogen) atoms. The van der Waals surface area contributed by atoms with Gasteiger partial charge in [-0.3, -0.25) is 15.6 Å². The molecule has 0 radical (unpaired) electrons. The number of hydrogen-bond acceptors (Lipinski definition) is 8. The van der Waals surface area contributed by atoms with E-state index in [0.29, 0.717) is 17.9 Å². The number of nitrogens with two attached hydrogens (primary N) is 1. The number of carbonyl (C=O) groups excluding carboxylic acids is 1. The van der Waals surface area contributed by atoms with Crippen molar-refractivity contribution in [3.05, 3.63) is 106 Å². The highest BCUT2D eigenvalue weighted by molar-refractivity contribution is 5.97. The van der Waals surface area contributed by atoms with Crippen molar-refractivity contribution < 1.29 is 13.6 Å². The first kappa shape index (κ1) is 24.2. The molecule has 0 fully saturated rings. The van der Waals surface area contributed by atoms with E-state index in [1.54, 1.807) is 13.0 Å². The van der Waals surface area contributed by atoms with E-state index in [0.717, 1.165) is 29.0 Å². The molecule has 0 spiro atoms. The first-order chi connectivity index (χ1) is 17.3. The Labute approximate surface area is 205 Å². The second kappa shape index (κ2) is 10.5. The van der Waals surface area contributed by atoms with Gasteiger partial charge in [0, 0.05) is 6.54 Å². The first-order valence-electron chi connectivity index (χ1n) is 10.9. The van der Waals surface area contributed by atoms with Crippen molar-refractivity contribution in [2.24, 2.45) is 5.73 Å². The summed E-state index contributed by atoms with van der Waals surface area (Å²) in [6, 6.07) is 12.3. The molecule has 1 amide bonds. The van der Waals surface area contributed by atoms with Gasteiger partial charge in [0.05, 0.1) is 17.9 Å². The summed E-state index contributed by atoms with van der Waals surface area (Å²) in [6.07, 6.45) is 4.87. The van der Waals surface area contributed by atoms with Crippen LogP contribution in [0.15, 0.2) is 66.6 Å². The fourth-order valence-electron chi connectivity index (χ4n) is 3.41. The number of nitrogens with zero attached hydrogens (tertiary/aromatic N) is 3. The van der Waals surface area contributed by atoms with E-state index < -0.39 is 23.6 Å². The predicted molar refractivity (Wildman–Crippen MR) is 129 cm³/mol. The number of amides is 1. The van der Waals surface area contributed by atoms with E-state index in [-0.39, 0.29) is 17.2 Å². The van der Waals surface area contributed by atoms with Gasteiger partial charge in [-0.25, -0.2) is 18.7 Å². The number of anilines is 1. The first-order valence-corrected chi connectivity index (χ1v) is 10.9. The molecule has 1 atom stereocenters. The summed E-state index contributed by atoms with van der Waals surface area (Å²) in [5.41, 5.74) is 14.5. The molecule has 0 bridgehead atoms. The molecule has 0 saturated heterocycles. The van der Waals surface area contributed by atoms with Gasteiger partial charge in [-0.1, -0.05) is 30.3 Å². The molecular weight excluding hydrogens is 466 g/mol. The van der Waals surface area contributed by atoms with E-state index in [1.165, 1.54) is 12.3 Å². The minimum absolute atomic E-state index is 0.0351. The molecular formula is C25H22F2N8O. The van der Waals surface area contributed by atoms with Crippen molar-refractivity contribution in [2.75, 3.05) is 5.32 Å². The smallest absolute Gasteiger partial charge is 0.274 e. The van der Waals surface area contributed by atoms with Crippen LogP contribution in [0, 0.1) is 23.0 Å². The molecule has 0 aliphatic carbocycles. The number of carbonyl (C=O) groups is 1. The molecule has 0 saturated carbocycles. The molecule has 1 aromatic heterocycles. The lowest BCUT2D eigenvalue weighted by atomic mass is 10.1. The molecule has 1 aliphatic rings. The van der Waals surface area contributed by atoms with Gasteiger partial charge >= 0.3 is 0 Å². The fraction of sp³-hybridized carbons (Fsp3) is 0.120. The number of nitrogens with one attached hydrogen (secondary N) is 4. The number of rotatable bonds is 7. The summed E-state index contributed by atoms with van der Waals surface area (Å²) >= 11 is 0. The predicted octanol–water partition coefficient (Wildman–Crippen LogP) is 2.98. The molecule has 9 nitrogen and oxygen atoms in total. The Morgan fingerprint density at radius 3 is 2.58 bits per heavy atom. The zero-order chi connectivity index (χ0) is 25.7.